The van der Waals surface area contributed by atoms with E-state index in [0.29, 0.717) is 21.6 Å². The molecule has 1 aliphatic rings. The van der Waals surface area contributed by atoms with Crippen LogP contribution in [0.15, 0.2) is 20.6 Å². The fourth-order valence-corrected chi connectivity index (χ4v) is 2.05. The van der Waals surface area contributed by atoms with Crippen LogP contribution < -0.4 is 4.90 Å². The molecule has 0 bridgehead atoms. The lowest BCUT2D eigenvalue weighted by molar-refractivity contribution is -0.114. The van der Waals surface area contributed by atoms with Crippen LogP contribution in [0, 0.1) is 0 Å². The van der Waals surface area contributed by atoms with Gasteiger partial charge >= 0.3 is 0 Å². The highest BCUT2D eigenvalue weighted by Gasteiger charge is 2.38. The second kappa shape index (κ2) is 4.20. The zero-order valence-corrected chi connectivity index (χ0v) is 12.3. The molecule has 0 fully saturated rings. The first-order valence-corrected chi connectivity index (χ1v) is 6.38. The smallest absolute Gasteiger partial charge is 0.269 e. The minimum Gasteiger partial charge on any atom is -0.369 e. The van der Waals surface area contributed by atoms with Crippen molar-refractivity contribution in [3.8, 4) is 0 Å². The predicted octanol–water partition coefficient (Wildman–Crippen LogP) is 2.31. The topological polar surface area (TPSA) is 66.6 Å². The number of rotatable bonds is 1. The summed E-state index contributed by atoms with van der Waals surface area (Å²) in [4.78, 5) is 13.2. The molecule has 0 aromatic carbocycles. The standard InChI is InChI=1S/C12H15BrN2O3/c1-6-9(13)11(17)15(10(6)16)8-5-7(18-14-8)12(2,3)4/h5,10,16H,1-4H3. The lowest BCUT2D eigenvalue weighted by atomic mass is 9.93. The molecular formula is C12H15BrN2O3. The Morgan fingerprint density at radius 2 is 2.11 bits per heavy atom. The number of anilines is 1. The van der Waals surface area contributed by atoms with Crippen molar-refractivity contribution in [3.63, 3.8) is 0 Å². The van der Waals surface area contributed by atoms with Gasteiger partial charge < -0.3 is 9.63 Å². The quantitative estimate of drug-likeness (QED) is 0.863. The zero-order chi connectivity index (χ0) is 13.7. The number of hydrogen-bond acceptors (Lipinski definition) is 4. The van der Waals surface area contributed by atoms with Gasteiger partial charge in [0.25, 0.3) is 5.91 Å². The summed E-state index contributed by atoms with van der Waals surface area (Å²) in [6.07, 6.45) is -0.996. The molecule has 1 aromatic heterocycles. The zero-order valence-electron chi connectivity index (χ0n) is 10.7. The summed E-state index contributed by atoms with van der Waals surface area (Å²) < 4.78 is 5.59. The van der Waals surface area contributed by atoms with Crippen molar-refractivity contribution in [3.05, 3.63) is 21.9 Å². The van der Waals surface area contributed by atoms with Gasteiger partial charge in [0, 0.05) is 11.5 Å². The Morgan fingerprint density at radius 3 is 2.50 bits per heavy atom. The molecular weight excluding hydrogens is 300 g/mol. The second-order valence-corrected chi connectivity index (χ2v) is 6.14. The lowest BCUT2D eigenvalue weighted by Crippen LogP contribution is -2.35. The highest BCUT2D eigenvalue weighted by molar-refractivity contribution is 9.12. The normalized spacial score (nSPS) is 21.1. The van der Waals surface area contributed by atoms with Crippen LogP contribution in [0.5, 0.6) is 0 Å². The van der Waals surface area contributed by atoms with Crippen LogP contribution in [0.25, 0.3) is 0 Å². The molecule has 0 aliphatic carbocycles. The van der Waals surface area contributed by atoms with Gasteiger partial charge in [0.1, 0.15) is 5.76 Å². The molecule has 1 N–H and O–H groups in total. The van der Waals surface area contributed by atoms with Gasteiger partial charge in [0.05, 0.1) is 4.48 Å². The second-order valence-electron chi connectivity index (χ2n) is 5.35. The number of hydrogen-bond donors (Lipinski definition) is 1. The Hall–Kier alpha value is -1.14. The fourth-order valence-electron chi connectivity index (χ4n) is 1.65. The van der Waals surface area contributed by atoms with E-state index in [1.807, 2.05) is 20.8 Å². The third-order valence-electron chi connectivity index (χ3n) is 2.87. The van der Waals surface area contributed by atoms with Crippen molar-refractivity contribution >= 4 is 27.7 Å². The molecule has 0 saturated carbocycles. The SMILES string of the molecule is CC1=C(Br)C(=O)N(c2cc(C(C)(C)C)on2)C1O. The van der Waals surface area contributed by atoms with Crippen molar-refractivity contribution in [2.75, 3.05) is 4.90 Å². The van der Waals surface area contributed by atoms with Gasteiger partial charge in [-0.15, -0.1) is 0 Å². The average Bonchev–Trinajstić information content (AvgIpc) is 2.81. The number of nitrogens with zero attached hydrogens (tertiary/aromatic N) is 2. The van der Waals surface area contributed by atoms with E-state index in [4.69, 9.17) is 4.52 Å². The van der Waals surface area contributed by atoms with E-state index < -0.39 is 6.23 Å². The summed E-state index contributed by atoms with van der Waals surface area (Å²) in [6, 6.07) is 1.68. The maximum atomic E-state index is 12.0. The molecule has 0 saturated heterocycles. The van der Waals surface area contributed by atoms with Gasteiger partial charge in [-0.1, -0.05) is 25.9 Å². The van der Waals surface area contributed by atoms with E-state index in [-0.39, 0.29) is 11.3 Å². The first-order chi connectivity index (χ1) is 8.23. The summed E-state index contributed by atoms with van der Waals surface area (Å²) in [5, 5.41) is 13.9. The molecule has 6 heteroatoms. The van der Waals surface area contributed by atoms with Crippen LogP contribution in [0.4, 0.5) is 5.82 Å². The van der Waals surface area contributed by atoms with Crippen LogP contribution in [0.2, 0.25) is 0 Å². The Kier molecular flexibility index (Phi) is 3.11. The summed E-state index contributed by atoms with van der Waals surface area (Å²) in [5.41, 5.74) is 0.374. The number of carbonyl (C=O) groups excluding carboxylic acids is 1. The summed E-state index contributed by atoms with van der Waals surface area (Å²) in [6.45, 7) is 7.65. The van der Waals surface area contributed by atoms with Gasteiger partial charge in [-0.3, -0.25) is 9.69 Å². The Labute approximate surface area is 114 Å². The number of aliphatic hydroxyl groups is 1. The van der Waals surface area contributed by atoms with Gasteiger partial charge in [0.2, 0.25) is 0 Å². The number of halogens is 1. The molecule has 5 nitrogen and oxygen atoms in total. The first-order valence-electron chi connectivity index (χ1n) is 5.58. The van der Waals surface area contributed by atoms with Crippen LogP contribution in [0.1, 0.15) is 33.5 Å². The molecule has 98 valence electrons. The number of aliphatic hydroxyl groups excluding tert-OH is 1. The van der Waals surface area contributed by atoms with Crippen LogP contribution in [-0.4, -0.2) is 22.4 Å². The highest BCUT2D eigenvalue weighted by Crippen LogP contribution is 2.34. The third-order valence-corrected chi connectivity index (χ3v) is 3.83. The average molecular weight is 315 g/mol. The molecule has 1 atom stereocenters. The molecule has 1 aliphatic heterocycles. The summed E-state index contributed by atoms with van der Waals surface area (Å²) >= 11 is 3.16. The Morgan fingerprint density at radius 1 is 1.50 bits per heavy atom. The van der Waals surface area contributed by atoms with E-state index in [9.17, 15) is 9.90 Å². The highest BCUT2D eigenvalue weighted by atomic mass is 79.9. The minimum atomic E-state index is -0.996. The van der Waals surface area contributed by atoms with E-state index >= 15 is 0 Å². The van der Waals surface area contributed by atoms with Crippen molar-refractivity contribution < 1.29 is 14.4 Å². The number of aromatic nitrogens is 1. The van der Waals surface area contributed by atoms with Crippen molar-refractivity contribution in [1.82, 2.24) is 5.16 Å². The number of carbonyl (C=O) groups is 1. The molecule has 18 heavy (non-hydrogen) atoms. The van der Waals surface area contributed by atoms with E-state index in [1.54, 1.807) is 13.0 Å². The Balaban J connectivity index is 2.35. The summed E-state index contributed by atoms with van der Waals surface area (Å²) in [5.74, 6) is 0.679. The van der Waals surface area contributed by atoms with Crippen LogP contribution in [0.3, 0.4) is 0 Å². The fraction of sp³-hybridized carbons (Fsp3) is 0.500. The summed E-state index contributed by atoms with van der Waals surface area (Å²) in [7, 11) is 0. The predicted molar refractivity (Wildman–Crippen MR) is 70.3 cm³/mol. The molecule has 2 rings (SSSR count). The molecule has 1 aromatic rings. The van der Waals surface area contributed by atoms with E-state index in [2.05, 4.69) is 21.1 Å². The van der Waals surface area contributed by atoms with Gasteiger partial charge in [-0.05, 0) is 28.4 Å². The lowest BCUT2D eigenvalue weighted by Gasteiger charge is -2.18. The maximum absolute atomic E-state index is 12.0. The molecule has 1 unspecified atom stereocenters. The Bertz CT molecular complexity index is 528. The number of amides is 1. The minimum absolute atomic E-state index is 0.196. The third kappa shape index (κ3) is 1.99. The van der Waals surface area contributed by atoms with Crippen molar-refractivity contribution in [2.24, 2.45) is 0 Å². The van der Waals surface area contributed by atoms with Crippen LogP contribution >= 0.6 is 15.9 Å². The first kappa shape index (κ1) is 13.3. The molecule has 0 radical (unpaired) electrons. The monoisotopic (exact) mass is 314 g/mol. The van der Waals surface area contributed by atoms with Gasteiger partial charge in [0.15, 0.2) is 12.0 Å². The maximum Gasteiger partial charge on any atom is 0.269 e. The van der Waals surface area contributed by atoms with E-state index in [0.717, 1.165) is 0 Å². The van der Waals surface area contributed by atoms with Crippen molar-refractivity contribution in [1.29, 1.82) is 0 Å². The molecule has 0 spiro atoms. The van der Waals surface area contributed by atoms with Crippen molar-refractivity contribution in [2.45, 2.75) is 39.3 Å². The van der Waals surface area contributed by atoms with Gasteiger partial charge in [-0.25, -0.2) is 0 Å². The molecule has 1 amide bonds. The molecule has 2 heterocycles. The van der Waals surface area contributed by atoms with Crippen LogP contribution in [-0.2, 0) is 10.2 Å². The van der Waals surface area contributed by atoms with Gasteiger partial charge in [-0.2, -0.15) is 0 Å². The largest absolute Gasteiger partial charge is 0.369 e. The van der Waals surface area contributed by atoms with E-state index in [1.165, 1.54) is 4.90 Å².